The number of benzene rings is 2. The molecule has 142 valence electrons. The maximum absolute atomic E-state index is 13.1. The molecule has 4 rings (SSSR count). The molecule has 0 bridgehead atoms. The first-order chi connectivity index (χ1) is 14.1. The highest BCUT2D eigenvalue weighted by molar-refractivity contribution is 6.13. The van der Waals surface area contributed by atoms with E-state index in [9.17, 15) is 9.59 Å². The number of aromatic nitrogens is 2. The summed E-state index contributed by atoms with van der Waals surface area (Å²) in [6.45, 7) is 0. The minimum Gasteiger partial charge on any atom is -0.351 e. The van der Waals surface area contributed by atoms with E-state index in [0.29, 0.717) is 28.1 Å². The van der Waals surface area contributed by atoms with E-state index in [0.717, 1.165) is 10.9 Å². The molecule has 0 fully saturated rings. The van der Waals surface area contributed by atoms with E-state index in [-0.39, 0.29) is 5.91 Å². The van der Waals surface area contributed by atoms with Crippen molar-refractivity contribution in [1.29, 1.82) is 0 Å². The van der Waals surface area contributed by atoms with Crippen LogP contribution >= 0.6 is 0 Å². The van der Waals surface area contributed by atoms with Gasteiger partial charge in [-0.2, -0.15) is 0 Å². The normalized spacial score (nSPS) is 10.5. The van der Waals surface area contributed by atoms with Gasteiger partial charge in [0.25, 0.3) is 5.91 Å². The molecule has 4 aromatic rings. The van der Waals surface area contributed by atoms with Gasteiger partial charge in [-0.25, -0.2) is 9.78 Å². The van der Waals surface area contributed by atoms with Crippen LogP contribution in [0.3, 0.4) is 0 Å². The predicted octanol–water partition coefficient (Wildman–Crippen LogP) is 4.04. The van der Waals surface area contributed by atoms with Crippen LogP contribution in [0.4, 0.5) is 16.2 Å². The summed E-state index contributed by atoms with van der Waals surface area (Å²) in [5, 5.41) is 6.10. The number of rotatable bonds is 4. The van der Waals surface area contributed by atoms with Crippen LogP contribution in [0.25, 0.3) is 22.2 Å². The fraction of sp³-hybridized carbons (Fsp3) is 0. The fourth-order valence-corrected chi connectivity index (χ4v) is 3.04. The maximum Gasteiger partial charge on any atom is 0.316 e. The summed E-state index contributed by atoms with van der Waals surface area (Å²) in [5.41, 5.74) is 8.85. The maximum atomic E-state index is 13.1. The standard InChI is InChI=1S/C22H17N5O2/c23-22(29)26-16-7-3-6-15(11-16)25-21(28)18-12-20(14-5-4-10-24-13-14)27-19-9-2-1-8-17(18)19/h1-13H,(H,25,28)(H3,23,26,29). The van der Waals surface area contributed by atoms with Gasteiger partial charge in [-0.05, 0) is 42.5 Å². The second kappa shape index (κ2) is 7.77. The number of carbonyl (C=O) groups excluding carboxylic acids is 2. The van der Waals surface area contributed by atoms with Crippen molar-refractivity contribution >= 4 is 34.2 Å². The Balaban J connectivity index is 1.73. The van der Waals surface area contributed by atoms with Crippen LogP contribution in [0, 0.1) is 0 Å². The van der Waals surface area contributed by atoms with E-state index in [1.54, 1.807) is 42.7 Å². The highest BCUT2D eigenvalue weighted by Gasteiger charge is 2.14. The largest absolute Gasteiger partial charge is 0.351 e. The third kappa shape index (κ3) is 4.03. The van der Waals surface area contributed by atoms with Crippen LogP contribution in [0.2, 0.25) is 0 Å². The number of fused-ring (bicyclic) bond motifs is 1. The summed E-state index contributed by atoms with van der Waals surface area (Å²) in [5.74, 6) is -0.287. The zero-order valence-corrected chi connectivity index (χ0v) is 15.3. The number of pyridine rings is 2. The third-order valence-corrected chi connectivity index (χ3v) is 4.31. The molecule has 0 saturated carbocycles. The molecule has 0 spiro atoms. The lowest BCUT2D eigenvalue weighted by Gasteiger charge is -2.11. The Morgan fingerprint density at radius 3 is 2.41 bits per heavy atom. The summed E-state index contributed by atoms with van der Waals surface area (Å²) in [6.07, 6.45) is 3.39. The molecule has 0 saturated heterocycles. The zero-order valence-electron chi connectivity index (χ0n) is 15.3. The number of para-hydroxylation sites is 1. The van der Waals surface area contributed by atoms with Gasteiger partial charge in [0, 0.05) is 34.7 Å². The molecule has 0 aliphatic rings. The number of urea groups is 1. The second-order valence-electron chi connectivity index (χ2n) is 6.34. The molecule has 7 heteroatoms. The molecule has 0 unspecified atom stereocenters. The lowest BCUT2D eigenvalue weighted by molar-refractivity contribution is 0.102. The first-order valence-corrected chi connectivity index (χ1v) is 8.88. The van der Waals surface area contributed by atoms with Crippen LogP contribution in [-0.4, -0.2) is 21.9 Å². The van der Waals surface area contributed by atoms with Crippen LogP contribution in [0.5, 0.6) is 0 Å². The van der Waals surface area contributed by atoms with Crippen molar-refractivity contribution in [3.05, 3.63) is 84.7 Å². The van der Waals surface area contributed by atoms with E-state index < -0.39 is 6.03 Å². The molecule has 3 amide bonds. The van der Waals surface area contributed by atoms with Gasteiger partial charge in [0.2, 0.25) is 0 Å². The number of amides is 3. The SMILES string of the molecule is NC(=O)Nc1cccc(NC(=O)c2cc(-c3cccnc3)nc3ccccc23)c1. The van der Waals surface area contributed by atoms with Gasteiger partial charge in [0.15, 0.2) is 0 Å². The number of hydrogen-bond acceptors (Lipinski definition) is 4. The fourth-order valence-electron chi connectivity index (χ4n) is 3.04. The number of nitrogens with zero attached hydrogens (tertiary/aromatic N) is 2. The Morgan fingerprint density at radius 1 is 0.862 bits per heavy atom. The van der Waals surface area contributed by atoms with Crippen molar-refractivity contribution in [1.82, 2.24) is 9.97 Å². The minimum atomic E-state index is -0.672. The Labute approximate surface area is 166 Å². The van der Waals surface area contributed by atoms with Gasteiger partial charge >= 0.3 is 6.03 Å². The summed E-state index contributed by atoms with van der Waals surface area (Å²) >= 11 is 0. The van der Waals surface area contributed by atoms with E-state index in [2.05, 4.69) is 20.6 Å². The van der Waals surface area contributed by atoms with Crippen LogP contribution in [0.1, 0.15) is 10.4 Å². The van der Waals surface area contributed by atoms with E-state index >= 15 is 0 Å². The molecule has 2 aromatic heterocycles. The average Bonchev–Trinajstić information content (AvgIpc) is 2.73. The van der Waals surface area contributed by atoms with Crippen molar-refractivity contribution in [2.75, 3.05) is 10.6 Å². The van der Waals surface area contributed by atoms with E-state index in [1.807, 2.05) is 36.4 Å². The Kier molecular flexibility index (Phi) is 4.86. The molecule has 0 aliphatic heterocycles. The number of hydrogen-bond donors (Lipinski definition) is 3. The summed E-state index contributed by atoms with van der Waals surface area (Å²) in [6, 6.07) is 19.0. The first kappa shape index (κ1) is 18.1. The van der Waals surface area contributed by atoms with Crippen LogP contribution in [0.15, 0.2) is 79.1 Å². The number of nitrogens with two attached hydrogens (primary N) is 1. The Hall–Kier alpha value is -4.26. The highest BCUT2D eigenvalue weighted by Crippen LogP contribution is 2.25. The zero-order chi connectivity index (χ0) is 20.2. The van der Waals surface area contributed by atoms with Crippen molar-refractivity contribution in [3.8, 4) is 11.3 Å². The van der Waals surface area contributed by atoms with Gasteiger partial charge in [0.1, 0.15) is 0 Å². The lowest BCUT2D eigenvalue weighted by Crippen LogP contribution is -2.19. The molecule has 2 aromatic carbocycles. The molecule has 0 radical (unpaired) electrons. The monoisotopic (exact) mass is 383 g/mol. The molecular formula is C22H17N5O2. The van der Waals surface area contributed by atoms with Crippen molar-refractivity contribution in [2.45, 2.75) is 0 Å². The molecular weight excluding hydrogens is 366 g/mol. The average molecular weight is 383 g/mol. The van der Waals surface area contributed by atoms with Crippen LogP contribution in [-0.2, 0) is 0 Å². The van der Waals surface area contributed by atoms with Crippen molar-refractivity contribution < 1.29 is 9.59 Å². The Morgan fingerprint density at radius 2 is 1.66 bits per heavy atom. The van der Waals surface area contributed by atoms with Crippen molar-refractivity contribution in [2.24, 2.45) is 5.73 Å². The second-order valence-corrected chi connectivity index (χ2v) is 6.34. The van der Waals surface area contributed by atoms with Crippen LogP contribution < -0.4 is 16.4 Å². The number of nitrogens with one attached hydrogen (secondary N) is 2. The molecule has 7 nitrogen and oxygen atoms in total. The number of carbonyl (C=O) groups is 2. The minimum absolute atomic E-state index is 0.287. The number of primary amides is 1. The molecule has 0 atom stereocenters. The summed E-state index contributed by atoms with van der Waals surface area (Å²) in [7, 11) is 0. The summed E-state index contributed by atoms with van der Waals surface area (Å²) in [4.78, 5) is 32.9. The van der Waals surface area contributed by atoms with Gasteiger partial charge < -0.3 is 16.4 Å². The summed E-state index contributed by atoms with van der Waals surface area (Å²) < 4.78 is 0. The van der Waals surface area contributed by atoms with Gasteiger partial charge in [-0.3, -0.25) is 9.78 Å². The highest BCUT2D eigenvalue weighted by atomic mass is 16.2. The first-order valence-electron chi connectivity index (χ1n) is 8.88. The lowest BCUT2D eigenvalue weighted by atomic mass is 10.0. The predicted molar refractivity (Wildman–Crippen MR) is 113 cm³/mol. The quantitative estimate of drug-likeness (QED) is 0.494. The van der Waals surface area contributed by atoms with Gasteiger partial charge in [-0.15, -0.1) is 0 Å². The molecule has 4 N–H and O–H groups in total. The van der Waals surface area contributed by atoms with E-state index in [1.165, 1.54) is 0 Å². The molecule has 29 heavy (non-hydrogen) atoms. The smallest absolute Gasteiger partial charge is 0.316 e. The van der Waals surface area contributed by atoms with E-state index in [4.69, 9.17) is 5.73 Å². The number of anilines is 2. The topological polar surface area (TPSA) is 110 Å². The van der Waals surface area contributed by atoms with Gasteiger partial charge in [-0.1, -0.05) is 24.3 Å². The Bertz CT molecular complexity index is 1210. The van der Waals surface area contributed by atoms with Crippen molar-refractivity contribution in [3.63, 3.8) is 0 Å². The molecule has 0 aliphatic carbocycles. The van der Waals surface area contributed by atoms with Gasteiger partial charge in [0.05, 0.1) is 16.8 Å². The third-order valence-electron chi connectivity index (χ3n) is 4.31. The molecule has 2 heterocycles.